The second kappa shape index (κ2) is 4.10. The molecular weight excluding hydrogens is 238 g/mol. The number of urea groups is 1. The normalized spacial score (nSPS) is 19.6. The van der Waals surface area contributed by atoms with Gasteiger partial charge in [0.05, 0.1) is 10.6 Å². The average Bonchev–Trinajstić information content (AvgIpc) is 2.54. The molecule has 1 aliphatic rings. The lowest BCUT2D eigenvalue weighted by Gasteiger charge is -2.13. The Kier molecular flexibility index (Phi) is 2.74. The number of carbonyl (C=O) groups is 2. The van der Waals surface area contributed by atoms with E-state index in [4.69, 9.17) is 0 Å². The molecule has 1 aromatic rings. The van der Waals surface area contributed by atoms with Crippen molar-refractivity contribution in [3.05, 3.63) is 34.4 Å². The van der Waals surface area contributed by atoms with Crippen molar-refractivity contribution in [1.82, 2.24) is 4.90 Å². The van der Waals surface area contributed by atoms with Gasteiger partial charge in [-0.3, -0.25) is 14.9 Å². The monoisotopic (exact) mass is 249 g/mol. The van der Waals surface area contributed by atoms with Gasteiger partial charge in [0.1, 0.15) is 6.04 Å². The number of hydrogen-bond donors (Lipinski definition) is 0. The van der Waals surface area contributed by atoms with Crippen molar-refractivity contribution in [1.29, 1.82) is 0 Å². The quantitative estimate of drug-likeness (QED) is 0.450. The van der Waals surface area contributed by atoms with Crippen LogP contribution in [-0.4, -0.2) is 34.9 Å². The Bertz CT molecular complexity index is 523. The third-order valence-corrected chi connectivity index (χ3v) is 2.95. The number of imide groups is 1. The first-order valence-corrected chi connectivity index (χ1v) is 5.28. The molecule has 18 heavy (non-hydrogen) atoms. The van der Waals surface area contributed by atoms with Gasteiger partial charge in [-0.05, 0) is 13.0 Å². The third-order valence-electron chi connectivity index (χ3n) is 2.95. The molecule has 7 heteroatoms. The largest absolute Gasteiger partial charge is 0.331 e. The van der Waals surface area contributed by atoms with E-state index in [1.807, 2.05) is 0 Å². The fourth-order valence-corrected chi connectivity index (χ4v) is 1.75. The molecule has 1 aliphatic heterocycles. The fraction of sp³-hybridized carbons (Fsp3) is 0.273. The number of nitro benzene ring substituents is 1. The summed E-state index contributed by atoms with van der Waals surface area (Å²) >= 11 is 0. The molecule has 1 aromatic carbocycles. The molecule has 94 valence electrons. The molecule has 1 saturated heterocycles. The lowest BCUT2D eigenvalue weighted by Crippen LogP contribution is -2.31. The van der Waals surface area contributed by atoms with Gasteiger partial charge in [0, 0.05) is 19.2 Å². The van der Waals surface area contributed by atoms with Gasteiger partial charge in [-0.2, -0.15) is 0 Å². The maximum absolute atomic E-state index is 11.9. The highest BCUT2D eigenvalue weighted by Crippen LogP contribution is 2.26. The van der Waals surface area contributed by atoms with Crippen LogP contribution in [0.15, 0.2) is 24.3 Å². The molecule has 2 rings (SSSR count). The Morgan fingerprint density at radius 2 is 2.00 bits per heavy atom. The number of non-ortho nitro benzene ring substituents is 1. The smallest absolute Gasteiger partial charge is 0.315 e. The number of likely N-dealkylation sites (N-methyl/N-ethyl adjacent to an activating group) is 1. The van der Waals surface area contributed by atoms with Crippen LogP contribution in [0.3, 0.4) is 0 Å². The summed E-state index contributed by atoms with van der Waals surface area (Å²) in [5.74, 6) is -0.386. The van der Waals surface area contributed by atoms with E-state index in [1.165, 1.54) is 36.2 Å². The van der Waals surface area contributed by atoms with E-state index in [0.29, 0.717) is 0 Å². The first-order valence-electron chi connectivity index (χ1n) is 5.28. The minimum absolute atomic E-state index is 0.157. The number of anilines is 1. The van der Waals surface area contributed by atoms with Crippen LogP contribution in [0.2, 0.25) is 0 Å². The van der Waals surface area contributed by atoms with Gasteiger partial charge in [0.15, 0.2) is 0 Å². The first-order chi connectivity index (χ1) is 8.43. The molecule has 1 atom stereocenters. The zero-order chi connectivity index (χ0) is 13.4. The minimum atomic E-state index is -0.568. The number of nitrogens with zero attached hydrogens (tertiary/aromatic N) is 3. The van der Waals surface area contributed by atoms with E-state index in [-0.39, 0.29) is 17.3 Å². The van der Waals surface area contributed by atoms with Crippen molar-refractivity contribution in [3.63, 3.8) is 0 Å². The first kappa shape index (κ1) is 12.0. The highest BCUT2D eigenvalue weighted by molar-refractivity contribution is 6.21. The predicted octanol–water partition coefficient (Wildman–Crippen LogP) is 1.38. The number of rotatable bonds is 2. The molecule has 3 amide bonds. The van der Waals surface area contributed by atoms with Crippen LogP contribution in [0.25, 0.3) is 0 Å². The Hall–Kier alpha value is -2.44. The zero-order valence-electron chi connectivity index (χ0n) is 9.86. The van der Waals surface area contributed by atoms with E-state index in [0.717, 1.165) is 4.90 Å². The molecule has 1 unspecified atom stereocenters. The zero-order valence-corrected chi connectivity index (χ0v) is 9.86. The predicted molar refractivity (Wildman–Crippen MR) is 63.2 cm³/mol. The fourth-order valence-electron chi connectivity index (χ4n) is 1.75. The molecule has 0 aliphatic carbocycles. The molecule has 0 saturated carbocycles. The number of carbonyl (C=O) groups excluding carboxylic acids is 2. The van der Waals surface area contributed by atoms with Crippen molar-refractivity contribution < 1.29 is 14.5 Å². The highest BCUT2D eigenvalue weighted by Gasteiger charge is 2.41. The minimum Gasteiger partial charge on any atom is -0.315 e. The molecule has 0 spiro atoms. The van der Waals surface area contributed by atoms with E-state index in [9.17, 15) is 19.7 Å². The van der Waals surface area contributed by atoms with Gasteiger partial charge >= 0.3 is 6.03 Å². The number of nitro groups is 1. The second-order valence-electron chi connectivity index (χ2n) is 4.02. The van der Waals surface area contributed by atoms with Crippen molar-refractivity contribution in [3.8, 4) is 0 Å². The van der Waals surface area contributed by atoms with Gasteiger partial charge in [0.25, 0.3) is 11.6 Å². The second-order valence-corrected chi connectivity index (χ2v) is 4.02. The Balaban J connectivity index is 2.43. The molecule has 1 fully saturated rings. The molecule has 1 heterocycles. The molecular formula is C11H11N3O4. The maximum Gasteiger partial charge on any atom is 0.331 e. The van der Waals surface area contributed by atoms with Crippen LogP contribution in [0, 0.1) is 10.1 Å². The van der Waals surface area contributed by atoms with Crippen LogP contribution in [0.4, 0.5) is 16.2 Å². The SMILES string of the molecule is CC1C(=O)N(c2cccc([N+](=O)[O-])c2)C(=O)N1C. The summed E-state index contributed by atoms with van der Waals surface area (Å²) in [6.45, 7) is 1.61. The van der Waals surface area contributed by atoms with Crippen LogP contribution in [-0.2, 0) is 4.79 Å². The van der Waals surface area contributed by atoms with E-state index in [1.54, 1.807) is 6.92 Å². The molecule has 0 bridgehead atoms. The van der Waals surface area contributed by atoms with Gasteiger partial charge in [0.2, 0.25) is 0 Å². The standard InChI is InChI=1S/C11H11N3O4/c1-7-10(15)13(11(16)12(7)2)8-4-3-5-9(6-8)14(17)18/h3-7H,1-2H3. The van der Waals surface area contributed by atoms with Crippen LogP contribution < -0.4 is 4.90 Å². The lowest BCUT2D eigenvalue weighted by atomic mass is 10.2. The summed E-state index contributed by atoms with van der Waals surface area (Å²) in [5.41, 5.74) is 0.0608. The topological polar surface area (TPSA) is 83.8 Å². The van der Waals surface area contributed by atoms with Gasteiger partial charge in [-0.1, -0.05) is 6.07 Å². The maximum atomic E-state index is 11.9. The summed E-state index contributed by atoms with van der Waals surface area (Å²) in [7, 11) is 1.52. The van der Waals surface area contributed by atoms with Crippen LogP contribution in [0.1, 0.15) is 6.92 Å². The van der Waals surface area contributed by atoms with Gasteiger partial charge in [-0.15, -0.1) is 0 Å². The van der Waals surface area contributed by atoms with Crippen molar-refractivity contribution in [2.75, 3.05) is 11.9 Å². The van der Waals surface area contributed by atoms with E-state index in [2.05, 4.69) is 0 Å². The average molecular weight is 249 g/mol. The summed E-state index contributed by atoms with van der Waals surface area (Å²) in [5, 5.41) is 10.7. The summed E-state index contributed by atoms with van der Waals surface area (Å²) < 4.78 is 0. The Labute approximate surface area is 103 Å². The summed E-state index contributed by atoms with van der Waals surface area (Å²) in [6.07, 6.45) is 0. The molecule has 0 N–H and O–H groups in total. The summed E-state index contributed by atoms with van der Waals surface area (Å²) in [6, 6.07) is 4.42. The van der Waals surface area contributed by atoms with E-state index < -0.39 is 17.0 Å². The molecule has 0 radical (unpaired) electrons. The number of benzene rings is 1. The third kappa shape index (κ3) is 1.69. The molecule has 0 aromatic heterocycles. The van der Waals surface area contributed by atoms with Gasteiger partial charge in [-0.25, -0.2) is 9.69 Å². The summed E-state index contributed by atoms with van der Waals surface area (Å²) in [4.78, 5) is 36.1. The Morgan fingerprint density at radius 1 is 1.33 bits per heavy atom. The van der Waals surface area contributed by atoms with Crippen molar-refractivity contribution in [2.45, 2.75) is 13.0 Å². The number of amides is 3. The van der Waals surface area contributed by atoms with Crippen molar-refractivity contribution in [2.24, 2.45) is 0 Å². The van der Waals surface area contributed by atoms with Crippen LogP contribution in [0.5, 0.6) is 0 Å². The highest BCUT2D eigenvalue weighted by atomic mass is 16.6. The van der Waals surface area contributed by atoms with Gasteiger partial charge < -0.3 is 4.90 Å². The number of hydrogen-bond acceptors (Lipinski definition) is 4. The lowest BCUT2D eigenvalue weighted by molar-refractivity contribution is -0.384. The Morgan fingerprint density at radius 3 is 2.50 bits per heavy atom. The van der Waals surface area contributed by atoms with Crippen LogP contribution >= 0.6 is 0 Å². The van der Waals surface area contributed by atoms with Crippen molar-refractivity contribution >= 4 is 23.3 Å². The molecule has 7 nitrogen and oxygen atoms in total. The van der Waals surface area contributed by atoms with E-state index >= 15 is 0 Å².